The summed E-state index contributed by atoms with van der Waals surface area (Å²) >= 11 is 0. The van der Waals surface area contributed by atoms with Crippen LogP contribution in [0.5, 0.6) is 0 Å². The maximum absolute atomic E-state index is 4.43. The fourth-order valence-electron chi connectivity index (χ4n) is 2.58. The van der Waals surface area contributed by atoms with E-state index in [9.17, 15) is 0 Å². The Morgan fingerprint density at radius 2 is 2.38 bits per heavy atom. The van der Waals surface area contributed by atoms with Gasteiger partial charge in [-0.05, 0) is 31.5 Å². The Labute approximate surface area is 94.9 Å². The molecular weight excluding hydrogens is 200 g/mol. The van der Waals surface area contributed by atoms with Crippen LogP contribution in [0.4, 0.5) is 0 Å². The summed E-state index contributed by atoms with van der Waals surface area (Å²) in [5.41, 5.74) is 2.00. The molecule has 0 aromatic carbocycles. The molecule has 0 amide bonds. The zero-order chi connectivity index (χ0) is 11.0. The van der Waals surface area contributed by atoms with Gasteiger partial charge in [0.05, 0.1) is 12.5 Å². The predicted octanol–water partition coefficient (Wildman–Crippen LogP) is 2.05. The van der Waals surface area contributed by atoms with Crippen LogP contribution in [0, 0.1) is 0 Å². The van der Waals surface area contributed by atoms with Gasteiger partial charge in [-0.2, -0.15) is 0 Å². The van der Waals surface area contributed by atoms with E-state index in [-0.39, 0.29) is 0 Å². The largest absolute Gasteiger partial charge is 0.299 e. The van der Waals surface area contributed by atoms with Gasteiger partial charge in [0.2, 0.25) is 0 Å². The monoisotopic (exact) mass is 216 g/mol. The van der Waals surface area contributed by atoms with Crippen molar-refractivity contribution in [2.24, 2.45) is 0 Å². The van der Waals surface area contributed by atoms with Crippen LogP contribution in [0.25, 0.3) is 11.2 Å². The smallest absolute Gasteiger partial charge is 0.161 e. The van der Waals surface area contributed by atoms with Gasteiger partial charge < -0.3 is 0 Å². The van der Waals surface area contributed by atoms with E-state index in [2.05, 4.69) is 26.4 Å². The summed E-state index contributed by atoms with van der Waals surface area (Å²) in [6.45, 7) is 4.50. The number of pyridine rings is 1. The van der Waals surface area contributed by atoms with E-state index in [1.54, 1.807) is 0 Å². The van der Waals surface area contributed by atoms with Crippen LogP contribution in [0.15, 0.2) is 24.7 Å². The average Bonchev–Trinajstić information content (AvgIpc) is 2.94. The zero-order valence-electron chi connectivity index (χ0n) is 9.50. The van der Waals surface area contributed by atoms with Gasteiger partial charge in [0.25, 0.3) is 0 Å². The van der Waals surface area contributed by atoms with E-state index in [4.69, 9.17) is 0 Å². The molecule has 0 N–H and O–H groups in total. The van der Waals surface area contributed by atoms with Gasteiger partial charge in [-0.15, -0.1) is 0 Å². The molecule has 0 radical (unpaired) electrons. The van der Waals surface area contributed by atoms with Gasteiger partial charge in [-0.1, -0.05) is 6.92 Å². The molecule has 0 spiro atoms. The Morgan fingerprint density at radius 1 is 1.44 bits per heavy atom. The van der Waals surface area contributed by atoms with E-state index in [0.29, 0.717) is 6.17 Å². The molecule has 1 aliphatic heterocycles. The van der Waals surface area contributed by atoms with Crippen LogP contribution in [-0.4, -0.2) is 32.5 Å². The number of aromatic nitrogens is 3. The lowest BCUT2D eigenvalue weighted by molar-refractivity contribution is 0.207. The fourth-order valence-corrected chi connectivity index (χ4v) is 2.58. The van der Waals surface area contributed by atoms with Crippen molar-refractivity contribution in [3.05, 3.63) is 24.7 Å². The fraction of sp³-hybridized carbons (Fsp3) is 0.500. The molecular formula is C12H16N4. The first kappa shape index (κ1) is 9.78. The third-order valence-corrected chi connectivity index (χ3v) is 3.39. The van der Waals surface area contributed by atoms with Gasteiger partial charge in [-0.25, -0.2) is 9.97 Å². The SMILES string of the molecule is CCN1CCCC1n1cnc2cccnc21. The maximum atomic E-state index is 4.43. The molecule has 3 heterocycles. The summed E-state index contributed by atoms with van der Waals surface area (Å²) in [6, 6.07) is 3.95. The number of nitrogens with zero attached hydrogens (tertiary/aromatic N) is 4. The van der Waals surface area contributed by atoms with E-state index >= 15 is 0 Å². The van der Waals surface area contributed by atoms with E-state index in [0.717, 1.165) is 17.7 Å². The Balaban J connectivity index is 2.05. The molecule has 0 aliphatic carbocycles. The minimum Gasteiger partial charge on any atom is -0.299 e. The van der Waals surface area contributed by atoms with Gasteiger partial charge in [0, 0.05) is 12.7 Å². The lowest BCUT2D eigenvalue weighted by Crippen LogP contribution is -2.26. The van der Waals surface area contributed by atoms with Gasteiger partial charge >= 0.3 is 0 Å². The van der Waals surface area contributed by atoms with Crippen molar-refractivity contribution >= 4 is 11.2 Å². The summed E-state index contributed by atoms with van der Waals surface area (Å²) < 4.78 is 2.21. The quantitative estimate of drug-likeness (QED) is 0.770. The van der Waals surface area contributed by atoms with E-state index in [1.807, 2.05) is 24.7 Å². The third-order valence-electron chi connectivity index (χ3n) is 3.39. The molecule has 3 rings (SSSR count). The molecule has 1 fully saturated rings. The predicted molar refractivity (Wildman–Crippen MR) is 63.0 cm³/mol. The number of hydrogen-bond acceptors (Lipinski definition) is 3. The molecule has 2 aromatic rings. The van der Waals surface area contributed by atoms with Crippen molar-refractivity contribution in [2.75, 3.05) is 13.1 Å². The summed E-state index contributed by atoms with van der Waals surface area (Å²) in [4.78, 5) is 11.3. The molecule has 84 valence electrons. The standard InChI is InChI=1S/C12H16N4/c1-2-15-8-4-6-11(15)16-9-14-10-5-3-7-13-12(10)16/h3,5,7,9,11H,2,4,6,8H2,1H3. The first-order chi connectivity index (χ1) is 7.90. The number of hydrogen-bond donors (Lipinski definition) is 0. The second-order valence-corrected chi connectivity index (χ2v) is 4.25. The first-order valence-corrected chi connectivity index (χ1v) is 5.91. The van der Waals surface area contributed by atoms with Crippen molar-refractivity contribution in [1.82, 2.24) is 19.4 Å². The molecule has 4 heteroatoms. The second kappa shape index (κ2) is 3.87. The number of imidazole rings is 1. The minimum absolute atomic E-state index is 0.449. The van der Waals surface area contributed by atoms with Gasteiger partial charge in [0.1, 0.15) is 5.52 Å². The summed E-state index contributed by atoms with van der Waals surface area (Å²) in [5, 5.41) is 0. The maximum Gasteiger partial charge on any atom is 0.161 e. The molecule has 1 unspecified atom stereocenters. The molecule has 2 aromatic heterocycles. The highest BCUT2D eigenvalue weighted by Gasteiger charge is 2.25. The van der Waals surface area contributed by atoms with Crippen LogP contribution in [0.1, 0.15) is 25.9 Å². The molecule has 1 atom stereocenters. The Kier molecular flexibility index (Phi) is 2.36. The Bertz CT molecular complexity index is 490. The van der Waals surface area contributed by atoms with E-state index in [1.165, 1.54) is 19.4 Å². The highest BCUT2D eigenvalue weighted by Crippen LogP contribution is 2.28. The zero-order valence-corrected chi connectivity index (χ0v) is 9.50. The number of rotatable bonds is 2. The molecule has 4 nitrogen and oxygen atoms in total. The third kappa shape index (κ3) is 1.41. The summed E-state index contributed by atoms with van der Waals surface area (Å²) in [7, 11) is 0. The van der Waals surface area contributed by atoms with Crippen molar-refractivity contribution in [1.29, 1.82) is 0 Å². The van der Waals surface area contributed by atoms with Crippen LogP contribution in [0.2, 0.25) is 0 Å². The normalized spacial score (nSPS) is 21.9. The van der Waals surface area contributed by atoms with Crippen LogP contribution >= 0.6 is 0 Å². The lowest BCUT2D eigenvalue weighted by Gasteiger charge is -2.23. The van der Waals surface area contributed by atoms with Crippen molar-refractivity contribution in [3.63, 3.8) is 0 Å². The topological polar surface area (TPSA) is 34.0 Å². The van der Waals surface area contributed by atoms with Gasteiger partial charge in [0.15, 0.2) is 5.65 Å². The second-order valence-electron chi connectivity index (χ2n) is 4.25. The highest BCUT2D eigenvalue weighted by molar-refractivity contribution is 5.70. The van der Waals surface area contributed by atoms with Crippen molar-refractivity contribution < 1.29 is 0 Å². The molecule has 0 saturated carbocycles. The summed E-state index contributed by atoms with van der Waals surface area (Å²) in [6.07, 6.45) is 6.69. The Hall–Kier alpha value is -1.42. The van der Waals surface area contributed by atoms with Crippen molar-refractivity contribution in [3.8, 4) is 0 Å². The average molecular weight is 216 g/mol. The highest BCUT2D eigenvalue weighted by atomic mass is 15.3. The van der Waals surface area contributed by atoms with Gasteiger partial charge in [-0.3, -0.25) is 9.47 Å². The van der Waals surface area contributed by atoms with Crippen molar-refractivity contribution in [2.45, 2.75) is 25.9 Å². The van der Waals surface area contributed by atoms with Crippen LogP contribution < -0.4 is 0 Å². The number of fused-ring (bicyclic) bond motifs is 1. The van der Waals surface area contributed by atoms with Crippen LogP contribution in [0.3, 0.4) is 0 Å². The summed E-state index contributed by atoms with van der Waals surface area (Å²) in [5.74, 6) is 0. The number of likely N-dealkylation sites (tertiary alicyclic amines) is 1. The molecule has 0 bridgehead atoms. The Morgan fingerprint density at radius 3 is 3.25 bits per heavy atom. The first-order valence-electron chi connectivity index (χ1n) is 5.91. The van der Waals surface area contributed by atoms with E-state index < -0.39 is 0 Å². The molecule has 1 aliphatic rings. The lowest BCUT2D eigenvalue weighted by atomic mass is 10.3. The van der Waals surface area contributed by atoms with Crippen LogP contribution in [-0.2, 0) is 0 Å². The minimum atomic E-state index is 0.449. The molecule has 1 saturated heterocycles. The molecule has 16 heavy (non-hydrogen) atoms.